The molecule has 1 aliphatic rings. The first-order valence-electron chi connectivity index (χ1n) is 8.04. The van der Waals surface area contributed by atoms with Crippen molar-refractivity contribution in [3.05, 3.63) is 24.3 Å². The van der Waals surface area contributed by atoms with Gasteiger partial charge in [0.15, 0.2) is 9.84 Å². The van der Waals surface area contributed by atoms with Gasteiger partial charge in [-0.2, -0.15) is 0 Å². The molecule has 1 aliphatic heterocycles. The number of likely N-dealkylation sites (tertiary alicyclic amines) is 1. The number of carbonyl (C=O) groups excluding carboxylic acids is 1. The quantitative estimate of drug-likeness (QED) is 0.866. The minimum atomic E-state index is -3.24. The van der Waals surface area contributed by atoms with E-state index in [-0.39, 0.29) is 24.0 Å². The molecule has 0 bridgehead atoms. The Kier molecular flexibility index (Phi) is 5.63. The molecule has 2 rings (SSSR count). The van der Waals surface area contributed by atoms with Crippen molar-refractivity contribution in [1.82, 2.24) is 4.90 Å². The number of β-amino-alcohol motifs (C(OH)–C–C–N with tert-alkyl or cyclic N) is 1. The molecule has 0 aliphatic carbocycles. The van der Waals surface area contributed by atoms with E-state index < -0.39 is 27.6 Å². The highest BCUT2D eigenvalue weighted by molar-refractivity contribution is 7.90. The number of benzene rings is 1. The van der Waals surface area contributed by atoms with Crippen LogP contribution in [-0.2, 0) is 14.6 Å². The lowest BCUT2D eigenvalue weighted by atomic mass is 10.1. The Balaban J connectivity index is 1.90. The van der Waals surface area contributed by atoms with Crippen LogP contribution >= 0.6 is 0 Å². The molecular formula is C17H25NO6S. The monoisotopic (exact) mass is 371 g/mol. The fourth-order valence-corrected chi connectivity index (χ4v) is 3.11. The SMILES string of the molecule is CC(C)(C)OC(=O)N1CC(O)C(COc2ccc(S(C)(=O)=O)cc2)C1. The summed E-state index contributed by atoms with van der Waals surface area (Å²) in [6.45, 7) is 6.14. The number of sulfone groups is 1. The minimum absolute atomic E-state index is 0.204. The zero-order chi connectivity index (χ0) is 18.8. The first-order chi connectivity index (χ1) is 11.5. The first-order valence-corrected chi connectivity index (χ1v) is 9.94. The van der Waals surface area contributed by atoms with Crippen LogP contribution in [0, 0.1) is 5.92 Å². The fraction of sp³-hybridized carbons (Fsp3) is 0.588. The van der Waals surface area contributed by atoms with Gasteiger partial charge in [-0.05, 0) is 45.0 Å². The number of rotatable bonds is 4. The van der Waals surface area contributed by atoms with Crippen LogP contribution < -0.4 is 4.74 Å². The van der Waals surface area contributed by atoms with Crippen LogP contribution in [-0.4, -0.2) is 62.2 Å². The molecule has 0 saturated carbocycles. The van der Waals surface area contributed by atoms with Gasteiger partial charge in [-0.15, -0.1) is 0 Å². The highest BCUT2D eigenvalue weighted by Crippen LogP contribution is 2.22. The lowest BCUT2D eigenvalue weighted by Crippen LogP contribution is -2.36. The van der Waals surface area contributed by atoms with E-state index >= 15 is 0 Å². The van der Waals surface area contributed by atoms with Gasteiger partial charge in [-0.1, -0.05) is 0 Å². The van der Waals surface area contributed by atoms with Crippen molar-refractivity contribution in [2.75, 3.05) is 26.0 Å². The van der Waals surface area contributed by atoms with Crippen molar-refractivity contribution in [3.63, 3.8) is 0 Å². The molecule has 1 aromatic rings. The first kappa shape index (κ1) is 19.5. The topological polar surface area (TPSA) is 93.1 Å². The second-order valence-corrected chi connectivity index (χ2v) is 9.28. The predicted molar refractivity (Wildman–Crippen MR) is 92.4 cm³/mol. The van der Waals surface area contributed by atoms with Crippen molar-refractivity contribution in [3.8, 4) is 5.75 Å². The van der Waals surface area contributed by atoms with E-state index in [1.807, 2.05) is 0 Å². The van der Waals surface area contributed by atoms with Crippen LogP contribution in [0.5, 0.6) is 5.75 Å². The summed E-state index contributed by atoms with van der Waals surface area (Å²) in [4.78, 5) is 13.7. The number of aliphatic hydroxyl groups is 1. The van der Waals surface area contributed by atoms with E-state index in [4.69, 9.17) is 9.47 Å². The van der Waals surface area contributed by atoms with Crippen molar-refractivity contribution in [2.24, 2.45) is 5.92 Å². The zero-order valence-corrected chi connectivity index (χ0v) is 15.7. The maximum Gasteiger partial charge on any atom is 0.410 e. The summed E-state index contributed by atoms with van der Waals surface area (Å²) < 4.78 is 33.8. The molecule has 8 heteroatoms. The Bertz CT molecular complexity index is 708. The smallest absolute Gasteiger partial charge is 0.410 e. The van der Waals surface area contributed by atoms with Crippen molar-refractivity contribution in [1.29, 1.82) is 0 Å². The highest BCUT2D eigenvalue weighted by atomic mass is 32.2. The molecule has 2 unspecified atom stereocenters. The van der Waals surface area contributed by atoms with Crippen molar-refractivity contribution < 1.29 is 27.8 Å². The molecule has 0 aromatic heterocycles. The number of amides is 1. The Morgan fingerprint density at radius 3 is 2.36 bits per heavy atom. The lowest BCUT2D eigenvalue weighted by molar-refractivity contribution is 0.0269. The Morgan fingerprint density at radius 1 is 1.24 bits per heavy atom. The van der Waals surface area contributed by atoms with Gasteiger partial charge >= 0.3 is 6.09 Å². The second kappa shape index (κ2) is 7.21. The van der Waals surface area contributed by atoms with Gasteiger partial charge in [0, 0.05) is 18.7 Å². The molecule has 1 saturated heterocycles. The molecule has 1 heterocycles. The van der Waals surface area contributed by atoms with Crippen molar-refractivity contribution in [2.45, 2.75) is 37.4 Å². The van der Waals surface area contributed by atoms with Crippen LogP contribution in [0.25, 0.3) is 0 Å². The zero-order valence-electron chi connectivity index (χ0n) is 14.9. The number of ether oxygens (including phenoxy) is 2. The Morgan fingerprint density at radius 2 is 1.84 bits per heavy atom. The maximum atomic E-state index is 12.1. The summed E-state index contributed by atoms with van der Waals surface area (Å²) in [5, 5.41) is 10.1. The maximum absolute atomic E-state index is 12.1. The van der Waals surface area contributed by atoms with E-state index in [9.17, 15) is 18.3 Å². The lowest BCUT2D eigenvalue weighted by Gasteiger charge is -2.24. The summed E-state index contributed by atoms with van der Waals surface area (Å²) in [5.74, 6) is 0.275. The fourth-order valence-electron chi connectivity index (χ4n) is 2.48. The van der Waals surface area contributed by atoms with E-state index in [1.165, 1.54) is 17.0 Å². The van der Waals surface area contributed by atoms with Crippen LogP contribution in [0.1, 0.15) is 20.8 Å². The molecule has 2 atom stereocenters. The van der Waals surface area contributed by atoms with Gasteiger partial charge in [0.25, 0.3) is 0 Å². The van der Waals surface area contributed by atoms with E-state index in [1.54, 1.807) is 32.9 Å². The Hall–Kier alpha value is -1.80. The minimum Gasteiger partial charge on any atom is -0.493 e. The van der Waals surface area contributed by atoms with Gasteiger partial charge < -0.3 is 19.5 Å². The third kappa shape index (κ3) is 5.61. The summed E-state index contributed by atoms with van der Waals surface area (Å²) >= 11 is 0. The number of hydrogen-bond acceptors (Lipinski definition) is 6. The second-order valence-electron chi connectivity index (χ2n) is 7.27. The number of hydrogen-bond donors (Lipinski definition) is 1. The van der Waals surface area contributed by atoms with Gasteiger partial charge in [0.2, 0.25) is 0 Å². The van der Waals surface area contributed by atoms with Gasteiger partial charge in [-0.3, -0.25) is 0 Å². The predicted octanol–water partition coefficient (Wildman–Crippen LogP) is 1.70. The number of carbonyl (C=O) groups is 1. The third-order valence-corrected chi connectivity index (χ3v) is 4.90. The van der Waals surface area contributed by atoms with Crippen LogP contribution in [0.2, 0.25) is 0 Å². The number of aliphatic hydroxyl groups excluding tert-OH is 1. The van der Waals surface area contributed by atoms with E-state index in [0.717, 1.165) is 6.26 Å². The standard InChI is InChI=1S/C17H25NO6S/c1-17(2,3)24-16(20)18-9-12(15(19)10-18)11-23-13-5-7-14(8-6-13)25(4,21)22/h5-8,12,15,19H,9-11H2,1-4H3. The van der Waals surface area contributed by atoms with Gasteiger partial charge in [0.05, 0.1) is 24.2 Å². The number of nitrogens with zero attached hydrogens (tertiary/aromatic N) is 1. The normalized spacial score (nSPS) is 21.2. The van der Waals surface area contributed by atoms with Crippen LogP contribution in [0.15, 0.2) is 29.2 Å². The molecule has 1 N–H and O–H groups in total. The van der Waals surface area contributed by atoms with Gasteiger partial charge in [0.1, 0.15) is 11.4 Å². The average molecular weight is 371 g/mol. The molecule has 140 valence electrons. The Labute approximate surface area is 148 Å². The molecule has 0 spiro atoms. The molecule has 1 aromatic carbocycles. The van der Waals surface area contributed by atoms with E-state index in [2.05, 4.69) is 0 Å². The third-order valence-electron chi connectivity index (χ3n) is 3.77. The molecule has 25 heavy (non-hydrogen) atoms. The average Bonchev–Trinajstić information content (AvgIpc) is 2.84. The summed E-state index contributed by atoms with van der Waals surface area (Å²) in [6, 6.07) is 6.10. The summed E-state index contributed by atoms with van der Waals surface area (Å²) in [7, 11) is -3.24. The molecule has 1 amide bonds. The molecule has 1 fully saturated rings. The largest absolute Gasteiger partial charge is 0.493 e. The summed E-state index contributed by atoms with van der Waals surface area (Å²) in [5.41, 5.74) is -0.585. The summed E-state index contributed by atoms with van der Waals surface area (Å²) in [6.07, 6.45) is -0.00224. The molecule has 0 radical (unpaired) electrons. The van der Waals surface area contributed by atoms with Crippen LogP contribution in [0.3, 0.4) is 0 Å². The van der Waals surface area contributed by atoms with Crippen LogP contribution in [0.4, 0.5) is 4.79 Å². The van der Waals surface area contributed by atoms with Gasteiger partial charge in [-0.25, -0.2) is 13.2 Å². The van der Waals surface area contributed by atoms with Crippen molar-refractivity contribution >= 4 is 15.9 Å². The highest BCUT2D eigenvalue weighted by Gasteiger charge is 2.36. The van der Waals surface area contributed by atoms with E-state index in [0.29, 0.717) is 12.3 Å². The molecular weight excluding hydrogens is 346 g/mol. The molecule has 7 nitrogen and oxygen atoms in total.